The lowest BCUT2D eigenvalue weighted by Gasteiger charge is -2.38. The zero-order valence-corrected chi connectivity index (χ0v) is 13.7. The van der Waals surface area contributed by atoms with Crippen LogP contribution in [0.3, 0.4) is 0 Å². The first kappa shape index (κ1) is 16.2. The van der Waals surface area contributed by atoms with Gasteiger partial charge < -0.3 is 15.7 Å². The molecule has 0 spiro atoms. The van der Waals surface area contributed by atoms with Crippen LogP contribution in [-0.2, 0) is 4.79 Å². The number of carbonyl (C=O) groups is 2. The van der Waals surface area contributed by atoms with Crippen LogP contribution in [0, 0.1) is 0 Å². The molecule has 1 aliphatic rings. The Morgan fingerprint density at radius 3 is 2.67 bits per heavy atom. The summed E-state index contributed by atoms with van der Waals surface area (Å²) in [4.78, 5) is 30.8. The Morgan fingerprint density at radius 1 is 1.38 bits per heavy atom. The zero-order valence-electron chi connectivity index (χ0n) is 12.9. The summed E-state index contributed by atoms with van der Waals surface area (Å²) < 4.78 is 0. The Kier molecular flexibility index (Phi) is 4.32. The molecule has 3 rings (SSSR count). The topological polar surface area (TPSA) is 99.8 Å². The van der Waals surface area contributed by atoms with E-state index in [0.29, 0.717) is 18.1 Å². The monoisotopic (exact) mass is 344 g/mol. The third kappa shape index (κ3) is 2.77. The normalized spacial score (nSPS) is 17.8. The average molecular weight is 344 g/mol. The van der Waals surface area contributed by atoms with Crippen molar-refractivity contribution in [3.05, 3.63) is 52.5 Å². The molecule has 24 heavy (non-hydrogen) atoms. The number of carbonyl (C=O) groups excluding carboxylic acids is 1. The van der Waals surface area contributed by atoms with E-state index in [0.717, 1.165) is 16.9 Å². The van der Waals surface area contributed by atoms with Crippen molar-refractivity contribution in [1.82, 2.24) is 9.88 Å². The summed E-state index contributed by atoms with van der Waals surface area (Å²) >= 11 is 0.998. The molecule has 124 valence electrons. The van der Waals surface area contributed by atoms with Crippen molar-refractivity contribution < 1.29 is 14.7 Å². The van der Waals surface area contributed by atoms with Crippen molar-refractivity contribution >= 4 is 34.7 Å². The highest BCUT2D eigenvalue weighted by molar-refractivity contribution is 7.12. The van der Waals surface area contributed by atoms with Gasteiger partial charge in [-0.25, -0.2) is 9.78 Å². The molecule has 2 aromatic rings. The Hall–Kier alpha value is -2.71. The number of benzene rings is 1. The Morgan fingerprint density at radius 2 is 2.08 bits per heavy atom. The minimum atomic E-state index is -1.11. The number of anilines is 1. The number of aromatic carboxylic acids is 1. The Bertz CT molecular complexity index is 803. The summed E-state index contributed by atoms with van der Waals surface area (Å²) in [7, 11) is 0. The first-order valence-electron chi connectivity index (χ1n) is 7.34. The number of carboxylic acids is 1. The van der Waals surface area contributed by atoms with Crippen LogP contribution in [0.5, 0.6) is 0 Å². The molecule has 1 unspecified atom stereocenters. The SMILES string of the molecule is CCN1C=C(c2ccccc2)N(c2csc(C(=O)O)n2)C(N)C1=O. The summed E-state index contributed by atoms with van der Waals surface area (Å²) in [6, 6.07) is 9.47. The molecule has 2 heterocycles. The van der Waals surface area contributed by atoms with Gasteiger partial charge in [0, 0.05) is 18.1 Å². The van der Waals surface area contributed by atoms with Gasteiger partial charge in [-0.2, -0.15) is 0 Å². The first-order valence-corrected chi connectivity index (χ1v) is 8.22. The lowest BCUT2D eigenvalue weighted by atomic mass is 10.1. The second kappa shape index (κ2) is 6.42. The predicted molar refractivity (Wildman–Crippen MR) is 91.3 cm³/mol. The Balaban J connectivity index is 2.12. The quantitative estimate of drug-likeness (QED) is 0.877. The highest BCUT2D eigenvalue weighted by Gasteiger charge is 2.35. The summed E-state index contributed by atoms with van der Waals surface area (Å²) in [5, 5.41) is 10.6. The van der Waals surface area contributed by atoms with Gasteiger partial charge in [0.1, 0.15) is 5.82 Å². The van der Waals surface area contributed by atoms with Gasteiger partial charge in [0.05, 0.1) is 5.70 Å². The maximum absolute atomic E-state index is 12.4. The van der Waals surface area contributed by atoms with Crippen molar-refractivity contribution in [2.75, 3.05) is 11.4 Å². The molecule has 1 aliphatic heterocycles. The predicted octanol–water partition coefficient (Wildman–Crippen LogP) is 1.79. The fourth-order valence-corrected chi connectivity index (χ4v) is 3.14. The van der Waals surface area contributed by atoms with E-state index in [4.69, 9.17) is 10.8 Å². The molecule has 1 amide bonds. The maximum Gasteiger partial charge on any atom is 0.365 e. The van der Waals surface area contributed by atoms with E-state index in [1.54, 1.807) is 21.4 Å². The van der Waals surface area contributed by atoms with E-state index in [-0.39, 0.29) is 10.9 Å². The van der Waals surface area contributed by atoms with Crippen molar-refractivity contribution in [2.24, 2.45) is 5.73 Å². The second-order valence-electron chi connectivity index (χ2n) is 5.14. The highest BCUT2D eigenvalue weighted by atomic mass is 32.1. The van der Waals surface area contributed by atoms with Gasteiger partial charge in [-0.15, -0.1) is 11.3 Å². The van der Waals surface area contributed by atoms with Gasteiger partial charge in [-0.1, -0.05) is 30.3 Å². The maximum atomic E-state index is 12.4. The number of likely N-dealkylation sites (N-methyl/N-ethyl adjacent to an activating group) is 1. The van der Waals surface area contributed by atoms with Gasteiger partial charge in [0.15, 0.2) is 6.17 Å². The van der Waals surface area contributed by atoms with Crippen molar-refractivity contribution in [3.63, 3.8) is 0 Å². The number of carboxylic acid groups (broad SMARTS) is 1. The van der Waals surface area contributed by atoms with Gasteiger partial charge in [0.2, 0.25) is 5.01 Å². The molecule has 0 radical (unpaired) electrons. The first-order chi connectivity index (χ1) is 11.5. The molecule has 3 N–H and O–H groups in total. The van der Waals surface area contributed by atoms with Crippen LogP contribution >= 0.6 is 11.3 Å². The van der Waals surface area contributed by atoms with E-state index in [2.05, 4.69) is 4.98 Å². The molecule has 0 saturated carbocycles. The molecule has 1 atom stereocenters. The van der Waals surface area contributed by atoms with Crippen LogP contribution in [0.25, 0.3) is 5.70 Å². The standard InChI is InChI=1S/C16H16N4O3S/c1-2-19-8-11(10-6-4-3-5-7-10)20(13(17)15(19)21)12-9-24-14(18-12)16(22)23/h3-9,13H,2,17H2,1H3,(H,22,23). The van der Waals surface area contributed by atoms with Crippen LogP contribution in [-0.4, -0.2) is 39.6 Å². The van der Waals surface area contributed by atoms with Crippen molar-refractivity contribution in [3.8, 4) is 0 Å². The smallest absolute Gasteiger partial charge is 0.365 e. The molecular weight excluding hydrogens is 328 g/mol. The fraction of sp³-hybridized carbons (Fsp3) is 0.188. The molecule has 0 fully saturated rings. The Labute approximate surface area is 142 Å². The second-order valence-corrected chi connectivity index (χ2v) is 5.99. The highest BCUT2D eigenvalue weighted by Crippen LogP contribution is 2.32. The minimum absolute atomic E-state index is 0.0463. The molecule has 0 saturated heterocycles. The summed E-state index contributed by atoms with van der Waals surface area (Å²) in [5.74, 6) is -1.02. The molecular formula is C16H16N4O3S. The van der Waals surface area contributed by atoms with E-state index < -0.39 is 12.1 Å². The van der Waals surface area contributed by atoms with Crippen LogP contribution in [0.1, 0.15) is 22.3 Å². The molecule has 8 heteroatoms. The van der Waals surface area contributed by atoms with Crippen molar-refractivity contribution in [1.29, 1.82) is 0 Å². The lowest BCUT2D eigenvalue weighted by molar-refractivity contribution is -0.130. The number of nitrogens with two attached hydrogens (primary N) is 1. The van der Waals surface area contributed by atoms with Crippen LogP contribution < -0.4 is 10.6 Å². The molecule has 0 aliphatic carbocycles. The van der Waals surface area contributed by atoms with Crippen LogP contribution in [0.15, 0.2) is 41.9 Å². The third-order valence-corrected chi connectivity index (χ3v) is 4.50. The number of aromatic nitrogens is 1. The summed E-state index contributed by atoms with van der Waals surface area (Å²) in [5.41, 5.74) is 7.71. The number of nitrogens with zero attached hydrogens (tertiary/aromatic N) is 3. The van der Waals surface area contributed by atoms with Crippen LogP contribution in [0.4, 0.5) is 5.82 Å². The van der Waals surface area contributed by atoms with Gasteiger partial charge >= 0.3 is 5.97 Å². The average Bonchev–Trinajstić information content (AvgIpc) is 3.07. The van der Waals surface area contributed by atoms with Gasteiger partial charge in [0.25, 0.3) is 5.91 Å². The number of thiazole rings is 1. The number of amides is 1. The van der Waals surface area contributed by atoms with Crippen LogP contribution in [0.2, 0.25) is 0 Å². The van der Waals surface area contributed by atoms with Crippen molar-refractivity contribution in [2.45, 2.75) is 13.1 Å². The number of hydrogen-bond acceptors (Lipinski definition) is 6. The summed E-state index contributed by atoms with van der Waals surface area (Å²) in [6.07, 6.45) is 0.759. The van der Waals surface area contributed by atoms with Gasteiger partial charge in [-0.05, 0) is 12.5 Å². The van der Waals surface area contributed by atoms with E-state index >= 15 is 0 Å². The van der Waals surface area contributed by atoms with E-state index in [9.17, 15) is 9.59 Å². The summed E-state index contributed by atoms with van der Waals surface area (Å²) in [6.45, 7) is 2.36. The molecule has 0 bridgehead atoms. The zero-order chi connectivity index (χ0) is 17.3. The minimum Gasteiger partial charge on any atom is -0.476 e. The van der Waals surface area contributed by atoms with Gasteiger partial charge in [-0.3, -0.25) is 9.69 Å². The number of hydrogen-bond donors (Lipinski definition) is 2. The molecule has 1 aromatic carbocycles. The third-order valence-electron chi connectivity index (χ3n) is 3.68. The fourth-order valence-electron chi connectivity index (χ4n) is 2.51. The number of rotatable bonds is 4. The van der Waals surface area contributed by atoms with E-state index in [1.165, 1.54) is 0 Å². The molecule has 7 nitrogen and oxygen atoms in total. The largest absolute Gasteiger partial charge is 0.476 e. The van der Waals surface area contributed by atoms with E-state index in [1.807, 2.05) is 37.3 Å². The lowest BCUT2D eigenvalue weighted by Crippen LogP contribution is -2.55. The molecule has 1 aromatic heterocycles.